The van der Waals surface area contributed by atoms with E-state index in [2.05, 4.69) is 41.4 Å². The third kappa shape index (κ3) is 8.55. The summed E-state index contributed by atoms with van der Waals surface area (Å²) in [6.45, 7) is 5.27. The summed E-state index contributed by atoms with van der Waals surface area (Å²) in [5.74, 6) is -3.60. The number of aliphatic carboxylic acids is 2. The Morgan fingerprint density at radius 2 is 1.45 bits per heavy atom. The van der Waals surface area contributed by atoms with Crippen molar-refractivity contribution in [2.24, 2.45) is 5.92 Å². The van der Waals surface area contributed by atoms with Crippen LogP contribution in [-0.4, -0.2) is 46.0 Å². The van der Waals surface area contributed by atoms with Crippen molar-refractivity contribution in [1.82, 2.24) is 10.2 Å². The predicted molar refractivity (Wildman–Crippen MR) is 113 cm³/mol. The maximum atomic E-state index is 13.0. The third-order valence-corrected chi connectivity index (χ3v) is 5.05. The van der Waals surface area contributed by atoms with E-state index in [4.69, 9.17) is 19.8 Å². The molecule has 2 aromatic carbocycles. The van der Waals surface area contributed by atoms with Crippen LogP contribution in [0.2, 0.25) is 0 Å². The Morgan fingerprint density at radius 1 is 0.935 bits per heavy atom. The SMILES string of the molecule is Cc1ccc(CNC(=O)C2CCN(Cc3ccc(F)cc3)CC2)cc1.O=C(O)C(=O)O. The molecule has 7 nitrogen and oxygen atoms in total. The van der Waals surface area contributed by atoms with Crippen molar-refractivity contribution in [3.63, 3.8) is 0 Å². The van der Waals surface area contributed by atoms with Crippen LogP contribution in [0, 0.1) is 18.7 Å². The van der Waals surface area contributed by atoms with Gasteiger partial charge in [0, 0.05) is 19.0 Å². The van der Waals surface area contributed by atoms with E-state index in [1.807, 2.05) is 12.1 Å². The van der Waals surface area contributed by atoms with Crippen molar-refractivity contribution in [2.75, 3.05) is 13.1 Å². The molecule has 0 aromatic heterocycles. The minimum atomic E-state index is -1.82. The number of likely N-dealkylation sites (tertiary alicyclic amines) is 1. The molecule has 0 aliphatic carbocycles. The van der Waals surface area contributed by atoms with Crippen molar-refractivity contribution < 1.29 is 29.0 Å². The topological polar surface area (TPSA) is 107 Å². The monoisotopic (exact) mass is 430 g/mol. The van der Waals surface area contributed by atoms with E-state index in [1.165, 1.54) is 17.7 Å². The van der Waals surface area contributed by atoms with Gasteiger partial charge < -0.3 is 15.5 Å². The molecular formula is C23H27FN2O5. The molecule has 3 rings (SSSR count). The Bertz CT molecular complexity index is 864. The number of carbonyl (C=O) groups excluding carboxylic acids is 1. The summed E-state index contributed by atoms with van der Waals surface area (Å²) < 4.78 is 13.0. The van der Waals surface area contributed by atoms with Gasteiger partial charge in [0.25, 0.3) is 0 Å². The van der Waals surface area contributed by atoms with Crippen molar-refractivity contribution in [3.8, 4) is 0 Å². The van der Waals surface area contributed by atoms with E-state index in [9.17, 15) is 9.18 Å². The molecule has 1 saturated heterocycles. The summed E-state index contributed by atoms with van der Waals surface area (Å²) in [5.41, 5.74) is 3.47. The summed E-state index contributed by atoms with van der Waals surface area (Å²) in [4.78, 5) is 32.9. The second kappa shape index (κ2) is 11.8. The number of aryl methyl sites for hydroxylation is 1. The summed E-state index contributed by atoms with van der Waals surface area (Å²) in [7, 11) is 0. The molecule has 0 saturated carbocycles. The van der Waals surface area contributed by atoms with Crippen molar-refractivity contribution >= 4 is 17.8 Å². The fraction of sp³-hybridized carbons (Fsp3) is 0.348. The first-order valence-corrected chi connectivity index (χ1v) is 10.0. The maximum absolute atomic E-state index is 13.0. The van der Waals surface area contributed by atoms with Gasteiger partial charge in [0.2, 0.25) is 5.91 Å². The molecule has 166 valence electrons. The fourth-order valence-electron chi connectivity index (χ4n) is 3.24. The summed E-state index contributed by atoms with van der Waals surface area (Å²) in [6, 6.07) is 14.9. The molecule has 1 aliphatic heterocycles. The zero-order valence-electron chi connectivity index (χ0n) is 17.4. The van der Waals surface area contributed by atoms with Crippen LogP contribution in [0.4, 0.5) is 4.39 Å². The van der Waals surface area contributed by atoms with Gasteiger partial charge in [0.15, 0.2) is 0 Å². The van der Waals surface area contributed by atoms with E-state index in [1.54, 1.807) is 0 Å². The number of piperidine rings is 1. The second-order valence-corrected chi connectivity index (χ2v) is 7.49. The second-order valence-electron chi connectivity index (χ2n) is 7.49. The molecular weight excluding hydrogens is 403 g/mol. The first kappa shape index (κ1) is 24.0. The zero-order valence-corrected chi connectivity index (χ0v) is 17.4. The minimum absolute atomic E-state index is 0.0925. The molecule has 1 amide bonds. The van der Waals surface area contributed by atoms with E-state index >= 15 is 0 Å². The summed E-state index contributed by atoms with van der Waals surface area (Å²) in [6.07, 6.45) is 1.75. The van der Waals surface area contributed by atoms with E-state index in [-0.39, 0.29) is 17.6 Å². The largest absolute Gasteiger partial charge is 0.473 e. The average Bonchev–Trinajstić information content (AvgIpc) is 2.75. The van der Waals surface area contributed by atoms with E-state index in [0.717, 1.165) is 43.6 Å². The van der Waals surface area contributed by atoms with Crippen LogP contribution >= 0.6 is 0 Å². The van der Waals surface area contributed by atoms with Gasteiger partial charge in [-0.05, 0) is 56.1 Å². The van der Waals surface area contributed by atoms with Gasteiger partial charge in [-0.15, -0.1) is 0 Å². The first-order valence-electron chi connectivity index (χ1n) is 10.0. The van der Waals surface area contributed by atoms with Gasteiger partial charge in [-0.1, -0.05) is 42.0 Å². The number of hydrogen-bond acceptors (Lipinski definition) is 4. The number of hydrogen-bond donors (Lipinski definition) is 3. The highest BCUT2D eigenvalue weighted by Crippen LogP contribution is 2.19. The minimum Gasteiger partial charge on any atom is -0.473 e. The number of carbonyl (C=O) groups is 3. The number of nitrogens with zero attached hydrogens (tertiary/aromatic N) is 1. The van der Waals surface area contributed by atoms with Crippen molar-refractivity contribution in [2.45, 2.75) is 32.9 Å². The van der Waals surface area contributed by atoms with Gasteiger partial charge in [-0.3, -0.25) is 9.69 Å². The number of amides is 1. The molecule has 0 unspecified atom stereocenters. The lowest BCUT2D eigenvalue weighted by Gasteiger charge is -2.31. The molecule has 3 N–H and O–H groups in total. The number of carboxylic acids is 2. The van der Waals surface area contributed by atoms with Crippen LogP contribution in [-0.2, 0) is 27.5 Å². The lowest BCUT2D eigenvalue weighted by molar-refractivity contribution is -0.159. The molecule has 1 heterocycles. The molecule has 0 atom stereocenters. The normalized spacial score (nSPS) is 14.3. The van der Waals surface area contributed by atoms with Crippen LogP contribution in [0.1, 0.15) is 29.5 Å². The highest BCUT2D eigenvalue weighted by atomic mass is 19.1. The summed E-state index contributed by atoms with van der Waals surface area (Å²) >= 11 is 0. The lowest BCUT2D eigenvalue weighted by Crippen LogP contribution is -2.40. The lowest BCUT2D eigenvalue weighted by atomic mass is 9.95. The van der Waals surface area contributed by atoms with Gasteiger partial charge in [-0.2, -0.15) is 0 Å². The van der Waals surface area contributed by atoms with Crippen LogP contribution in [0.25, 0.3) is 0 Å². The van der Waals surface area contributed by atoms with Crippen LogP contribution in [0.5, 0.6) is 0 Å². The van der Waals surface area contributed by atoms with Crippen LogP contribution in [0.3, 0.4) is 0 Å². The van der Waals surface area contributed by atoms with E-state index in [0.29, 0.717) is 6.54 Å². The van der Waals surface area contributed by atoms with Gasteiger partial charge in [-0.25, -0.2) is 14.0 Å². The smallest absolute Gasteiger partial charge is 0.414 e. The number of benzene rings is 2. The van der Waals surface area contributed by atoms with Crippen molar-refractivity contribution in [3.05, 3.63) is 71.0 Å². The highest BCUT2D eigenvalue weighted by molar-refractivity contribution is 6.27. The number of rotatable bonds is 5. The van der Waals surface area contributed by atoms with Crippen LogP contribution in [0.15, 0.2) is 48.5 Å². The number of halogens is 1. The van der Waals surface area contributed by atoms with Gasteiger partial charge >= 0.3 is 11.9 Å². The van der Waals surface area contributed by atoms with E-state index < -0.39 is 11.9 Å². The Hall–Kier alpha value is -3.26. The molecule has 8 heteroatoms. The Labute approximate surface area is 180 Å². The van der Waals surface area contributed by atoms with Crippen LogP contribution < -0.4 is 5.32 Å². The molecule has 0 spiro atoms. The molecule has 1 aliphatic rings. The van der Waals surface area contributed by atoms with Gasteiger partial charge in [0.1, 0.15) is 5.82 Å². The molecule has 2 aromatic rings. The Kier molecular flexibility index (Phi) is 9.14. The molecule has 1 fully saturated rings. The van der Waals surface area contributed by atoms with Gasteiger partial charge in [0.05, 0.1) is 0 Å². The Morgan fingerprint density at radius 3 is 1.97 bits per heavy atom. The quantitative estimate of drug-likeness (QED) is 0.630. The highest BCUT2D eigenvalue weighted by Gasteiger charge is 2.24. The standard InChI is InChI=1S/C21H25FN2O.C2H2O4/c1-16-2-4-17(5-3-16)14-23-21(25)19-10-12-24(13-11-19)15-18-6-8-20(22)9-7-18;3-1(4)2(5)6/h2-9,19H,10-15H2,1H3,(H,23,25);(H,3,4)(H,5,6). The Balaban J connectivity index is 0.000000501. The third-order valence-electron chi connectivity index (χ3n) is 5.05. The molecule has 0 bridgehead atoms. The zero-order chi connectivity index (χ0) is 22.8. The first-order chi connectivity index (χ1) is 14.7. The summed E-state index contributed by atoms with van der Waals surface area (Å²) in [5, 5.41) is 17.8. The molecule has 0 radical (unpaired) electrons. The maximum Gasteiger partial charge on any atom is 0.414 e. The molecule has 31 heavy (non-hydrogen) atoms. The fourth-order valence-corrected chi connectivity index (χ4v) is 3.24. The predicted octanol–water partition coefficient (Wildman–Crippen LogP) is 2.82. The van der Waals surface area contributed by atoms with Crippen molar-refractivity contribution in [1.29, 1.82) is 0 Å². The average molecular weight is 430 g/mol. The number of nitrogens with one attached hydrogen (secondary N) is 1. The number of carboxylic acid groups (broad SMARTS) is 2.